The van der Waals surface area contributed by atoms with Crippen LogP contribution < -0.4 is 10.5 Å². The van der Waals surface area contributed by atoms with Gasteiger partial charge in [0.1, 0.15) is 5.82 Å². The van der Waals surface area contributed by atoms with Gasteiger partial charge in [0, 0.05) is 12.6 Å². The summed E-state index contributed by atoms with van der Waals surface area (Å²) in [5, 5.41) is 0. The van der Waals surface area contributed by atoms with E-state index in [1.54, 1.807) is 6.92 Å². The third kappa shape index (κ3) is 3.07. The monoisotopic (exact) mass is 272 g/mol. The zero-order valence-corrected chi connectivity index (χ0v) is 11.0. The molecule has 1 aromatic rings. The quantitative estimate of drug-likeness (QED) is 0.844. The fourth-order valence-corrected chi connectivity index (χ4v) is 3.19. The minimum Gasteiger partial charge on any atom is -0.326 e. The molecule has 1 aliphatic carbocycles. The molecule has 18 heavy (non-hydrogen) atoms. The zero-order valence-electron chi connectivity index (χ0n) is 10.2. The van der Waals surface area contributed by atoms with E-state index < -0.39 is 15.8 Å². The Balaban J connectivity index is 2.09. The molecule has 0 aromatic heterocycles. The lowest BCUT2D eigenvalue weighted by atomic mass is 10.2. The first-order valence-corrected chi connectivity index (χ1v) is 7.40. The summed E-state index contributed by atoms with van der Waals surface area (Å²) in [4.78, 5) is 0.104. The third-order valence-corrected chi connectivity index (χ3v) is 4.75. The molecular weight excluding hydrogens is 255 g/mol. The zero-order chi connectivity index (χ0) is 13.3. The van der Waals surface area contributed by atoms with E-state index in [9.17, 15) is 12.8 Å². The third-order valence-electron chi connectivity index (χ3n) is 3.16. The summed E-state index contributed by atoms with van der Waals surface area (Å²) in [6.07, 6.45) is 2.14. The Morgan fingerprint density at radius 2 is 2.17 bits per heavy atom. The van der Waals surface area contributed by atoms with E-state index >= 15 is 0 Å². The lowest BCUT2D eigenvalue weighted by Crippen LogP contribution is -2.38. The molecule has 100 valence electrons. The summed E-state index contributed by atoms with van der Waals surface area (Å²) in [6.45, 7) is 1.79. The molecule has 1 saturated carbocycles. The Hall–Kier alpha value is -0.980. The lowest BCUT2D eigenvalue weighted by molar-refractivity contribution is 0.547. The van der Waals surface area contributed by atoms with Crippen LogP contribution in [0.2, 0.25) is 0 Å². The van der Waals surface area contributed by atoms with Crippen molar-refractivity contribution in [3.05, 3.63) is 29.6 Å². The molecule has 3 N–H and O–H groups in total. The average Bonchev–Trinajstić information content (AvgIpc) is 3.09. The highest BCUT2D eigenvalue weighted by Gasteiger charge is 2.29. The summed E-state index contributed by atoms with van der Waals surface area (Å²) < 4.78 is 39.5. The largest absolute Gasteiger partial charge is 0.326 e. The standard InChI is InChI=1S/C12H17FN2O2S/c1-8-6-10(13)4-5-12(8)18(16,17)15-7-11(14)9-2-3-9/h4-6,9,11,15H,2-3,7,14H2,1H3. The van der Waals surface area contributed by atoms with E-state index in [2.05, 4.69) is 4.72 Å². The van der Waals surface area contributed by atoms with E-state index in [0.29, 0.717) is 11.5 Å². The fraction of sp³-hybridized carbons (Fsp3) is 0.500. The van der Waals surface area contributed by atoms with Gasteiger partial charge in [-0.3, -0.25) is 0 Å². The highest BCUT2D eigenvalue weighted by molar-refractivity contribution is 7.89. The van der Waals surface area contributed by atoms with Crippen molar-refractivity contribution in [3.8, 4) is 0 Å². The van der Waals surface area contributed by atoms with Gasteiger partial charge in [0.05, 0.1) is 4.90 Å². The number of nitrogens with two attached hydrogens (primary N) is 1. The van der Waals surface area contributed by atoms with Crippen molar-refractivity contribution in [3.63, 3.8) is 0 Å². The van der Waals surface area contributed by atoms with Crippen LogP contribution in [0.4, 0.5) is 4.39 Å². The topological polar surface area (TPSA) is 72.2 Å². The Morgan fingerprint density at radius 1 is 1.50 bits per heavy atom. The maximum Gasteiger partial charge on any atom is 0.240 e. The van der Waals surface area contributed by atoms with Gasteiger partial charge in [-0.1, -0.05) is 0 Å². The number of nitrogens with one attached hydrogen (secondary N) is 1. The molecule has 0 heterocycles. The summed E-state index contributed by atoms with van der Waals surface area (Å²) in [7, 11) is -3.61. The van der Waals surface area contributed by atoms with Crippen LogP contribution in [0, 0.1) is 18.7 Å². The van der Waals surface area contributed by atoms with Crippen LogP contribution >= 0.6 is 0 Å². The second-order valence-electron chi connectivity index (χ2n) is 4.76. The maximum atomic E-state index is 12.9. The van der Waals surface area contributed by atoms with Crippen molar-refractivity contribution in [2.24, 2.45) is 11.7 Å². The van der Waals surface area contributed by atoms with Gasteiger partial charge in [-0.25, -0.2) is 17.5 Å². The average molecular weight is 272 g/mol. The minimum atomic E-state index is -3.61. The van der Waals surface area contributed by atoms with Crippen molar-refractivity contribution in [1.82, 2.24) is 4.72 Å². The second-order valence-corrected chi connectivity index (χ2v) is 6.50. The van der Waals surface area contributed by atoms with Crippen LogP contribution in [0.5, 0.6) is 0 Å². The minimum absolute atomic E-state index is 0.104. The van der Waals surface area contributed by atoms with Crippen LogP contribution in [0.15, 0.2) is 23.1 Å². The molecule has 6 heteroatoms. The predicted octanol–water partition coefficient (Wildman–Crippen LogP) is 1.15. The Morgan fingerprint density at radius 3 is 2.72 bits per heavy atom. The van der Waals surface area contributed by atoms with Crippen LogP contribution in [-0.2, 0) is 10.0 Å². The van der Waals surface area contributed by atoms with E-state index in [1.165, 1.54) is 12.1 Å². The van der Waals surface area contributed by atoms with Crippen molar-refractivity contribution < 1.29 is 12.8 Å². The van der Waals surface area contributed by atoms with Gasteiger partial charge < -0.3 is 5.73 Å². The molecule has 1 atom stereocenters. The highest BCUT2D eigenvalue weighted by atomic mass is 32.2. The van der Waals surface area contributed by atoms with E-state index in [4.69, 9.17) is 5.73 Å². The van der Waals surface area contributed by atoms with Gasteiger partial charge >= 0.3 is 0 Å². The first kappa shape index (κ1) is 13.5. The van der Waals surface area contributed by atoms with Gasteiger partial charge in [0.15, 0.2) is 0 Å². The number of rotatable bonds is 5. The number of hydrogen-bond donors (Lipinski definition) is 2. The van der Waals surface area contributed by atoms with E-state index in [1.807, 2.05) is 0 Å². The summed E-state index contributed by atoms with van der Waals surface area (Å²) in [5.74, 6) is -0.0110. The summed E-state index contributed by atoms with van der Waals surface area (Å²) in [6, 6.07) is 3.48. The fourth-order valence-electron chi connectivity index (χ4n) is 1.89. The van der Waals surface area contributed by atoms with Gasteiger partial charge in [0.2, 0.25) is 10.0 Å². The lowest BCUT2D eigenvalue weighted by Gasteiger charge is -2.13. The SMILES string of the molecule is Cc1cc(F)ccc1S(=O)(=O)NCC(N)C1CC1. The number of halogens is 1. The predicted molar refractivity (Wildman–Crippen MR) is 67.0 cm³/mol. The molecule has 4 nitrogen and oxygen atoms in total. The molecule has 0 saturated heterocycles. The molecule has 0 spiro atoms. The molecule has 1 unspecified atom stereocenters. The number of aryl methyl sites for hydroxylation is 1. The number of benzene rings is 1. The maximum absolute atomic E-state index is 12.9. The van der Waals surface area contributed by atoms with Crippen molar-refractivity contribution in [2.45, 2.75) is 30.7 Å². The molecule has 1 fully saturated rings. The van der Waals surface area contributed by atoms with E-state index in [-0.39, 0.29) is 17.5 Å². The Labute approximate surface area is 106 Å². The Kier molecular flexibility index (Phi) is 3.70. The van der Waals surface area contributed by atoms with E-state index in [0.717, 1.165) is 18.9 Å². The molecule has 0 amide bonds. The molecular formula is C12H17FN2O2S. The van der Waals surface area contributed by atoms with Gasteiger partial charge in [-0.2, -0.15) is 0 Å². The van der Waals surface area contributed by atoms with Crippen LogP contribution in [-0.4, -0.2) is 21.0 Å². The molecule has 2 rings (SSSR count). The van der Waals surface area contributed by atoms with Gasteiger partial charge in [-0.05, 0) is 49.4 Å². The molecule has 1 aliphatic rings. The van der Waals surface area contributed by atoms with Gasteiger partial charge in [-0.15, -0.1) is 0 Å². The smallest absolute Gasteiger partial charge is 0.240 e. The first-order chi connectivity index (χ1) is 8.40. The number of sulfonamides is 1. The molecule has 0 radical (unpaired) electrons. The molecule has 0 aliphatic heterocycles. The molecule has 1 aromatic carbocycles. The number of hydrogen-bond acceptors (Lipinski definition) is 3. The van der Waals surface area contributed by atoms with Crippen LogP contribution in [0.3, 0.4) is 0 Å². The summed E-state index contributed by atoms with van der Waals surface area (Å²) in [5.41, 5.74) is 6.23. The highest BCUT2D eigenvalue weighted by Crippen LogP contribution is 2.31. The van der Waals surface area contributed by atoms with Crippen molar-refractivity contribution in [1.29, 1.82) is 0 Å². The molecule has 0 bridgehead atoms. The van der Waals surface area contributed by atoms with Crippen LogP contribution in [0.25, 0.3) is 0 Å². The van der Waals surface area contributed by atoms with Gasteiger partial charge in [0.25, 0.3) is 0 Å². The van der Waals surface area contributed by atoms with Crippen LogP contribution in [0.1, 0.15) is 18.4 Å². The summed E-state index contributed by atoms with van der Waals surface area (Å²) >= 11 is 0. The first-order valence-electron chi connectivity index (χ1n) is 5.91. The second kappa shape index (κ2) is 4.95. The Bertz CT molecular complexity index is 541. The van der Waals surface area contributed by atoms with Crippen molar-refractivity contribution in [2.75, 3.05) is 6.54 Å². The normalized spacial score (nSPS) is 17.7. The van der Waals surface area contributed by atoms with Crippen molar-refractivity contribution >= 4 is 10.0 Å².